The molecule has 0 aromatic carbocycles. The average Bonchev–Trinajstić information content (AvgIpc) is 3.02. The summed E-state index contributed by atoms with van der Waals surface area (Å²) in [7, 11) is 0. The van der Waals surface area contributed by atoms with Gasteiger partial charge in [0, 0.05) is 25.2 Å². The normalized spacial score (nSPS) is 28.1. The largest absolute Gasteiger partial charge is 0.381 e. The van der Waals surface area contributed by atoms with Crippen LogP contribution < -0.4 is 5.32 Å². The number of rotatable bonds is 3. The van der Waals surface area contributed by atoms with E-state index in [4.69, 9.17) is 4.74 Å². The number of ether oxygens (including phenoxy) is 1. The zero-order chi connectivity index (χ0) is 14.2. The van der Waals surface area contributed by atoms with Crippen molar-refractivity contribution >= 4 is 24.6 Å². The molecule has 112 valence electrons. The number of nitrogens with zero attached hydrogens (tertiary/aromatic N) is 1. The maximum Gasteiger partial charge on any atom is 0.325 e. The maximum absolute atomic E-state index is 12.7. The molecule has 1 saturated carbocycles. The fraction of sp³-hybridized carbons (Fsp3) is 0.857. The lowest BCUT2D eigenvalue weighted by Crippen LogP contribution is -2.47. The van der Waals surface area contributed by atoms with Crippen LogP contribution in [0.1, 0.15) is 38.5 Å². The second-order valence-corrected chi connectivity index (χ2v) is 6.70. The van der Waals surface area contributed by atoms with Crippen molar-refractivity contribution in [3.63, 3.8) is 0 Å². The van der Waals surface area contributed by atoms with Gasteiger partial charge in [0.1, 0.15) is 5.54 Å². The minimum absolute atomic E-state index is 0.0207. The number of carbonyl (C=O) groups excluding carboxylic acids is 2. The first kappa shape index (κ1) is 14.2. The molecular weight excluding hydrogens is 276 g/mol. The average molecular weight is 298 g/mol. The Hall–Kier alpha value is -0.750. The zero-order valence-electron chi connectivity index (χ0n) is 11.7. The van der Waals surface area contributed by atoms with E-state index in [0.717, 1.165) is 38.5 Å². The molecule has 1 spiro atoms. The molecule has 3 amide bonds. The standard InChI is InChI=1S/C14H22N2O3S/c17-11-14(3-1-2-4-14)15-12(18)16(11)9-13(10-20)5-7-19-8-6-13/h20H,1-10H2,(H,15,18). The molecule has 3 fully saturated rings. The summed E-state index contributed by atoms with van der Waals surface area (Å²) in [5.74, 6) is 0.660. The minimum atomic E-state index is -0.597. The number of urea groups is 1. The number of hydrogen-bond acceptors (Lipinski definition) is 4. The maximum atomic E-state index is 12.7. The van der Waals surface area contributed by atoms with Crippen molar-refractivity contribution in [1.29, 1.82) is 0 Å². The molecule has 3 rings (SSSR count). The van der Waals surface area contributed by atoms with Gasteiger partial charge in [-0.15, -0.1) is 0 Å². The predicted octanol–water partition coefficient (Wildman–Crippen LogP) is 1.58. The molecule has 3 aliphatic rings. The van der Waals surface area contributed by atoms with E-state index in [1.54, 1.807) is 0 Å². The third-order valence-electron chi connectivity index (χ3n) is 5.09. The van der Waals surface area contributed by atoms with Crippen LogP contribution in [0.25, 0.3) is 0 Å². The number of thiol groups is 1. The van der Waals surface area contributed by atoms with Gasteiger partial charge in [0.25, 0.3) is 5.91 Å². The highest BCUT2D eigenvalue weighted by atomic mass is 32.1. The molecule has 0 unspecified atom stereocenters. The van der Waals surface area contributed by atoms with E-state index < -0.39 is 5.54 Å². The summed E-state index contributed by atoms with van der Waals surface area (Å²) in [6, 6.07) is -0.218. The lowest BCUT2D eigenvalue weighted by Gasteiger charge is -2.38. The first-order valence-corrected chi connectivity index (χ1v) is 8.07. The molecule has 0 aromatic rings. The molecule has 5 nitrogen and oxygen atoms in total. The van der Waals surface area contributed by atoms with Crippen LogP contribution in [-0.2, 0) is 9.53 Å². The van der Waals surface area contributed by atoms with E-state index >= 15 is 0 Å². The summed E-state index contributed by atoms with van der Waals surface area (Å²) >= 11 is 4.46. The number of hydrogen-bond donors (Lipinski definition) is 2. The van der Waals surface area contributed by atoms with Crippen LogP contribution in [0.2, 0.25) is 0 Å². The van der Waals surface area contributed by atoms with Crippen molar-refractivity contribution < 1.29 is 14.3 Å². The molecule has 2 saturated heterocycles. The fourth-order valence-electron chi connectivity index (χ4n) is 3.64. The van der Waals surface area contributed by atoms with Gasteiger partial charge in [0.2, 0.25) is 0 Å². The Bertz CT molecular complexity index is 415. The van der Waals surface area contributed by atoms with Gasteiger partial charge in [-0.25, -0.2) is 4.79 Å². The minimum Gasteiger partial charge on any atom is -0.381 e. The van der Waals surface area contributed by atoms with E-state index in [-0.39, 0.29) is 17.4 Å². The number of carbonyl (C=O) groups is 2. The highest BCUT2D eigenvalue weighted by Gasteiger charge is 2.53. The van der Waals surface area contributed by atoms with Gasteiger partial charge in [0.05, 0.1) is 0 Å². The van der Waals surface area contributed by atoms with E-state index in [9.17, 15) is 9.59 Å². The third-order valence-corrected chi connectivity index (χ3v) is 5.76. The Labute approximate surface area is 124 Å². The Morgan fingerprint density at radius 2 is 1.80 bits per heavy atom. The number of amides is 3. The van der Waals surface area contributed by atoms with Gasteiger partial charge in [-0.2, -0.15) is 12.6 Å². The van der Waals surface area contributed by atoms with Gasteiger partial charge >= 0.3 is 6.03 Å². The molecule has 1 N–H and O–H groups in total. The monoisotopic (exact) mass is 298 g/mol. The van der Waals surface area contributed by atoms with Crippen LogP contribution in [-0.4, -0.2) is 47.9 Å². The van der Waals surface area contributed by atoms with Gasteiger partial charge in [0.15, 0.2) is 0 Å². The first-order valence-electron chi connectivity index (χ1n) is 7.44. The van der Waals surface area contributed by atoms with Crippen molar-refractivity contribution in [3.8, 4) is 0 Å². The lowest BCUT2D eigenvalue weighted by atomic mass is 9.81. The summed E-state index contributed by atoms with van der Waals surface area (Å²) < 4.78 is 5.40. The SMILES string of the molecule is O=C1NC2(CCCC2)C(=O)N1CC1(CS)CCOCC1. The third kappa shape index (κ3) is 2.22. The highest BCUT2D eigenvalue weighted by Crippen LogP contribution is 2.38. The van der Waals surface area contributed by atoms with Crippen LogP contribution in [0.5, 0.6) is 0 Å². The summed E-state index contributed by atoms with van der Waals surface area (Å²) in [5, 5.41) is 2.94. The van der Waals surface area contributed by atoms with Crippen LogP contribution >= 0.6 is 12.6 Å². The van der Waals surface area contributed by atoms with Gasteiger partial charge in [-0.05, 0) is 31.4 Å². The Morgan fingerprint density at radius 3 is 2.40 bits per heavy atom. The Kier molecular flexibility index (Phi) is 3.71. The summed E-state index contributed by atoms with van der Waals surface area (Å²) in [6.07, 6.45) is 5.33. The molecule has 2 heterocycles. The summed E-state index contributed by atoms with van der Waals surface area (Å²) in [4.78, 5) is 26.3. The van der Waals surface area contributed by atoms with Crippen LogP contribution in [0, 0.1) is 5.41 Å². The molecule has 0 radical (unpaired) electrons. The first-order chi connectivity index (χ1) is 9.61. The summed E-state index contributed by atoms with van der Waals surface area (Å²) in [6.45, 7) is 1.86. The van der Waals surface area contributed by atoms with Crippen molar-refractivity contribution in [2.24, 2.45) is 5.41 Å². The molecule has 0 bridgehead atoms. The van der Waals surface area contributed by atoms with Crippen LogP contribution in [0.15, 0.2) is 0 Å². The quantitative estimate of drug-likeness (QED) is 0.614. The smallest absolute Gasteiger partial charge is 0.325 e. The summed E-state index contributed by atoms with van der Waals surface area (Å²) in [5.41, 5.74) is -0.682. The van der Waals surface area contributed by atoms with E-state index in [1.165, 1.54) is 4.90 Å². The van der Waals surface area contributed by atoms with Gasteiger partial charge < -0.3 is 10.1 Å². The Morgan fingerprint density at radius 1 is 1.15 bits per heavy atom. The highest BCUT2D eigenvalue weighted by molar-refractivity contribution is 7.80. The topological polar surface area (TPSA) is 58.6 Å². The lowest BCUT2D eigenvalue weighted by molar-refractivity contribution is -0.132. The van der Waals surface area contributed by atoms with Crippen LogP contribution in [0.3, 0.4) is 0 Å². The number of nitrogens with one attached hydrogen (secondary N) is 1. The molecule has 6 heteroatoms. The molecule has 1 aliphatic carbocycles. The van der Waals surface area contributed by atoms with Crippen LogP contribution in [0.4, 0.5) is 4.79 Å². The molecule has 2 aliphatic heterocycles. The second-order valence-electron chi connectivity index (χ2n) is 6.38. The Balaban J connectivity index is 1.76. The molecule has 20 heavy (non-hydrogen) atoms. The number of imide groups is 1. The van der Waals surface area contributed by atoms with E-state index in [0.29, 0.717) is 25.5 Å². The van der Waals surface area contributed by atoms with Gasteiger partial charge in [-0.3, -0.25) is 9.69 Å². The molecule has 0 atom stereocenters. The van der Waals surface area contributed by atoms with Crippen molar-refractivity contribution in [2.45, 2.75) is 44.1 Å². The van der Waals surface area contributed by atoms with E-state index in [2.05, 4.69) is 17.9 Å². The van der Waals surface area contributed by atoms with Crippen molar-refractivity contribution in [2.75, 3.05) is 25.5 Å². The van der Waals surface area contributed by atoms with Gasteiger partial charge in [-0.1, -0.05) is 12.8 Å². The fourth-order valence-corrected chi connectivity index (χ4v) is 4.06. The zero-order valence-corrected chi connectivity index (χ0v) is 12.6. The van der Waals surface area contributed by atoms with E-state index in [1.807, 2.05) is 0 Å². The molecule has 0 aromatic heterocycles. The van der Waals surface area contributed by atoms with Crippen molar-refractivity contribution in [3.05, 3.63) is 0 Å². The predicted molar refractivity (Wildman–Crippen MR) is 77.8 cm³/mol. The second kappa shape index (κ2) is 5.22. The molecular formula is C14H22N2O3S. The van der Waals surface area contributed by atoms with Crippen molar-refractivity contribution in [1.82, 2.24) is 10.2 Å².